The van der Waals surface area contributed by atoms with Crippen LogP contribution in [0, 0.1) is 0 Å². The minimum absolute atomic E-state index is 0.0777. The molecule has 0 aliphatic heterocycles. The van der Waals surface area contributed by atoms with E-state index in [-0.39, 0.29) is 11.2 Å². The Labute approximate surface area is 174 Å². The Bertz CT molecular complexity index is 1400. The lowest BCUT2D eigenvalue weighted by atomic mass is 9.99. The largest absolute Gasteiger partial charge is 0.507 e. The summed E-state index contributed by atoms with van der Waals surface area (Å²) < 4.78 is 2.12. The second-order valence-electron chi connectivity index (χ2n) is 7.55. The minimum atomic E-state index is -0.127. The fraction of sp³-hybridized carbons (Fsp3) is 0.0741. The van der Waals surface area contributed by atoms with Crippen molar-refractivity contribution in [2.75, 3.05) is 0 Å². The van der Waals surface area contributed by atoms with Gasteiger partial charge in [-0.05, 0) is 34.9 Å². The van der Waals surface area contributed by atoms with Gasteiger partial charge in [0, 0.05) is 18.4 Å². The van der Waals surface area contributed by atoms with Crippen molar-refractivity contribution in [2.45, 2.75) is 13.0 Å². The third-order valence-corrected chi connectivity index (χ3v) is 5.62. The van der Waals surface area contributed by atoms with Crippen LogP contribution in [-0.4, -0.2) is 9.67 Å². The SMILES string of the molecule is O=c1c2ccccc2n(Cc2ccccc2)c2ccc(Cc3ccccc3)c(O)c12. The van der Waals surface area contributed by atoms with Crippen molar-refractivity contribution in [1.29, 1.82) is 0 Å². The summed E-state index contributed by atoms with van der Waals surface area (Å²) in [5.74, 6) is 0.0777. The molecule has 3 heteroatoms. The molecule has 146 valence electrons. The van der Waals surface area contributed by atoms with Crippen LogP contribution < -0.4 is 5.43 Å². The minimum Gasteiger partial charge on any atom is -0.507 e. The average molecular weight is 391 g/mol. The smallest absolute Gasteiger partial charge is 0.200 e. The van der Waals surface area contributed by atoms with Gasteiger partial charge < -0.3 is 9.67 Å². The van der Waals surface area contributed by atoms with Crippen molar-refractivity contribution in [1.82, 2.24) is 4.57 Å². The third kappa shape index (κ3) is 3.15. The quantitative estimate of drug-likeness (QED) is 0.411. The number of pyridine rings is 1. The Morgan fingerprint density at radius 1 is 0.667 bits per heavy atom. The van der Waals surface area contributed by atoms with E-state index in [0.717, 1.165) is 27.7 Å². The van der Waals surface area contributed by atoms with Crippen LogP contribution >= 0.6 is 0 Å². The Balaban J connectivity index is 1.76. The molecule has 0 saturated heterocycles. The van der Waals surface area contributed by atoms with E-state index in [1.165, 1.54) is 0 Å². The molecule has 0 atom stereocenters. The first-order valence-electron chi connectivity index (χ1n) is 10.1. The molecule has 1 heterocycles. The van der Waals surface area contributed by atoms with Gasteiger partial charge in [-0.25, -0.2) is 0 Å². The van der Waals surface area contributed by atoms with Crippen molar-refractivity contribution in [3.05, 3.63) is 124 Å². The van der Waals surface area contributed by atoms with Crippen LogP contribution in [-0.2, 0) is 13.0 Å². The molecule has 0 fully saturated rings. The molecule has 0 bridgehead atoms. The third-order valence-electron chi connectivity index (χ3n) is 5.62. The molecule has 3 nitrogen and oxygen atoms in total. The predicted molar refractivity (Wildman–Crippen MR) is 122 cm³/mol. The number of para-hydroxylation sites is 1. The summed E-state index contributed by atoms with van der Waals surface area (Å²) in [7, 11) is 0. The number of aromatic hydroxyl groups is 1. The van der Waals surface area contributed by atoms with Gasteiger partial charge in [-0.3, -0.25) is 4.79 Å². The molecule has 0 aliphatic carbocycles. The molecule has 0 radical (unpaired) electrons. The Hall–Kier alpha value is -3.85. The molecule has 0 spiro atoms. The zero-order valence-electron chi connectivity index (χ0n) is 16.5. The van der Waals surface area contributed by atoms with Crippen LogP contribution in [0.5, 0.6) is 5.75 Å². The first kappa shape index (κ1) is 18.2. The van der Waals surface area contributed by atoms with Gasteiger partial charge in [0.15, 0.2) is 0 Å². The number of fused-ring (bicyclic) bond motifs is 2. The van der Waals surface area contributed by atoms with Gasteiger partial charge in [-0.2, -0.15) is 0 Å². The molecule has 0 amide bonds. The number of nitrogens with zero attached hydrogens (tertiary/aromatic N) is 1. The molecule has 0 aliphatic rings. The normalized spacial score (nSPS) is 11.2. The molecular weight excluding hydrogens is 370 g/mol. The van der Waals surface area contributed by atoms with Gasteiger partial charge in [0.25, 0.3) is 0 Å². The summed E-state index contributed by atoms with van der Waals surface area (Å²) in [5.41, 5.74) is 4.48. The van der Waals surface area contributed by atoms with E-state index >= 15 is 0 Å². The first-order chi connectivity index (χ1) is 14.7. The van der Waals surface area contributed by atoms with Crippen molar-refractivity contribution in [3.63, 3.8) is 0 Å². The second-order valence-corrected chi connectivity index (χ2v) is 7.55. The van der Waals surface area contributed by atoms with E-state index in [4.69, 9.17) is 0 Å². The van der Waals surface area contributed by atoms with Crippen molar-refractivity contribution < 1.29 is 5.11 Å². The van der Waals surface area contributed by atoms with Gasteiger partial charge in [0.05, 0.1) is 16.4 Å². The van der Waals surface area contributed by atoms with Crippen molar-refractivity contribution in [2.24, 2.45) is 0 Å². The van der Waals surface area contributed by atoms with Crippen LogP contribution in [0.2, 0.25) is 0 Å². The van der Waals surface area contributed by atoms with E-state index in [1.54, 1.807) is 0 Å². The molecule has 30 heavy (non-hydrogen) atoms. The van der Waals surface area contributed by atoms with E-state index < -0.39 is 0 Å². The van der Waals surface area contributed by atoms with Gasteiger partial charge in [-0.15, -0.1) is 0 Å². The Morgan fingerprint density at radius 3 is 2.03 bits per heavy atom. The number of hydrogen-bond acceptors (Lipinski definition) is 2. The number of hydrogen-bond donors (Lipinski definition) is 1. The summed E-state index contributed by atoms with van der Waals surface area (Å²) in [6.07, 6.45) is 0.577. The van der Waals surface area contributed by atoms with E-state index in [0.29, 0.717) is 23.7 Å². The molecule has 0 unspecified atom stereocenters. The van der Waals surface area contributed by atoms with Gasteiger partial charge in [-0.1, -0.05) is 78.9 Å². The summed E-state index contributed by atoms with van der Waals surface area (Å²) in [4.78, 5) is 13.3. The topological polar surface area (TPSA) is 42.2 Å². The summed E-state index contributed by atoms with van der Waals surface area (Å²) in [5, 5.41) is 12.1. The number of aromatic nitrogens is 1. The van der Waals surface area contributed by atoms with Crippen molar-refractivity contribution >= 4 is 21.8 Å². The summed E-state index contributed by atoms with van der Waals surface area (Å²) >= 11 is 0. The maximum absolute atomic E-state index is 13.3. The highest BCUT2D eigenvalue weighted by Crippen LogP contribution is 2.31. The highest BCUT2D eigenvalue weighted by Gasteiger charge is 2.16. The average Bonchev–Trinajstić information content (AvgIpc) is 2.79. The van der Waals surface area contributed by atoms with E-state index in [2.05, 4.69) is 16.7 Å². The van der Waals surface area contributed by atoms with E-state index in [1.807, 2.05) is 84.9 Å². The Kier molecular flexibility index (Phi) is 4.56. The predicted octanol–water partition coefficient (Wildman–Crippen LogP) is 5.50. The van der Waals surface area contributed by atoms with Crippen LogP contribution in [0.4, 0.5) is 0 Å². The van der Waals surface area contributed by atoms with Gasteiger partial charge in [0.2, 0.25) is 5.43 Å². The zero-order chi connectivity index (χ0) is 20.5. The number of rotatable bonds is 4. The highest BCUT2D eigenvalue weighted by molar-refractivity contribution is 5.97. The Morgan fingerprint density at radius 2 is 1.30 bits per heavy atom. The lowest BCUT2D eigenvalue weighted by Gasteiger charge is -2.17. The fourth-order valence-corrected chi connectivity index (χ4v) is 4.13. The molecule has 1 N–H and O–H groups in total. The highest BCUT2D eigenvalue weighted by atomic mass is 16.3. The molecule has 1 aromatic heterocycles. The van der Waals surface area contributed by atoms with Gasteiger partial charge >= 0.3 is 0 Å². The van der Waals surface area contributed by atoms with Crippen molar-refractivity contribution in [3.8, 4) is 5.75 Å². The van der Waals surface area contributed by atoms with Crippen LogP contribution in [0.25, 0.3) is 21.8 Å². The van der Waals surface area contributed by atoms with Crippen LogP contribution in [0.15, 0.2) is 102 Å². The number of phenolic OH excluding ortho intramolecular Hbond substituents is 1. The molecule has 4 aromatic carbocycles. The monoisotopic (exact) mass is 391 g/mol. The van der Waals surface area contributed by atoms with Crippen LogP contribution in [0.3, 0.4) is 0 Å². The lowest BCUT2D eigenvalue weighted by Crippen LogP contribution is -2.13. The fourth-order valence-electron chi connectivity index (χ4n) is 4.13. The number of benzene rings is 4. The number of phenols is 1. The van der Waals surface area contributed by atoms with Gasteiger partial charge in [0.1, 0.15) is 5.75 Å². The van der Waals surface area contributed by atoms with E-state index in [9.17, 15) is 9.90 Å². The zero-order valence-corrected chi connectivity index (χ0v) is 16.5. The maximum atomic E-state index is 13.3. The standard InChI is InChI=1S/C27H21NO2/c29-26-21(17-19-9-3-1-4-10-19)15-16-24-25(26)27(30)22-13-7-8-14-23(22)28(24)18-20-11-5-2-6-12-20/h1-16,29H,17-18H2. The molecule has 0 saturated carbocycles. The second kappa shape index (κ2) is 7.53. The lowest BCUT2D eigenvalue weighted by molar-refractivity contribution is 0.475. The summed E-state index contributed by atoms with van der Waals surface area (Å²) in [6.45, 7) is 0.621. The molecular formula is C27H21NO2. The maximum Gasteiger partial charge on any atom is 0.200 e. The molecule has 5 aromatic rings. The molecule has 5 rings (SSSR count). The van der Waals surface area contributed by atoms with Crippen LogP contribution in [0.1, 0.15) is 16.7 Å². The summed E-state index contributed by atoms with van der Waals surface area (Å²) in [6, 6.07) is 31.6. The first-order valence-corrected chi connectivity index (χ1v) is 10.1.